The van der Waals surface area contributed by atoms with Crippen molar-refractivity contribution in [3.05, 3.63) is 0 Å². The lowest BCUT2D eigenvalue weighted by atomic mass is 10.0. The number of phosphoric acid groups is 2. The van der Waals surface area contributed by atoms with Gasteiger partial charge in [-0.1, -0.05) is 273 Å². The zero-order valence-electron chi connectivity index (χ0n) is 55.1. The summed E-state index contributed by atoms with van der Waals surface area (Å²) in [4.78, 5) is 72.1. The van der Waals surface area contributed by atoms with Crippen LogP contribution in [0.15, 0.2) is 0 Å². The normalized spacial score (nSPS) is 14.3. The third kappa shape index (κ3) is 60.7. The van der Waals surface area contributed by atoms with Crippen LogP contribution < -0.4 is 0 Å². The van der Waals surface area contributed by atoms with Gasteiger partial charge in [0.25, 0.3) is 0 Å². The molecular formula is C66H128O17P2. The number of ether oxygens (including phenoxy) is 4. The van der Waals surface area contributed by atoms with Crippen molar-refractivity contribution in [1.82, 2.24) is 0 Å². The largest absolute Gasteiger partial charge is 0.472 e. The Morgan fingerprint density at radius 2 is 0.541 bits per heavy atom. The average Bonchev–Trinajstić information content (AvgIpc) is 3.52. The van der Waals surface area contributed by atoms with Gasteiger partial charge in [-0.15, -0.1) is 0 Å². The van der Waals surface area contributed by atoms with Crippen LogP contribution in [0.1, 0.15) is 325 Å². The van der Waals surface area contributed by atoms with Gasteiger partial charge in [0.05, 0.1) is 26.4 Å². The Labute approximate surface area is 517 Å². The number of carbonyl (C=O) groups excluding carboxylic acids is 4. The number of carbonyl (C=O) groups is 4. The van der Waals surface area contributed by atoms with Crippen LogP contribution in [0.5, 0.6) is 0 Å². The van der Waals surface area contributed by atoms with E-state index in [4.69, 9.17) is 37.0 Å². The summed E-state index contributed by atoms with van der Waals surface area (Å²) in [7, 11) is -9.88. The van der Waals surface area contributed by atoms with E-state index < -0.39 is 97.5 Å². The highest BCUT2D eigenvalue weighted by Gasteiger charge is 2.30. The van der Waals surface area contributed by atoms with Gasteiger partial charge in [0.1, 0.15) is 19.3 Å². The van der Waals surface area contributed by atoms with Gasteiger partial charge in [0.15, 0.2) is 12.2 Å². The zero-order chi connectivity index (χ0) is 63.1. The minimum Gasteiger partial charge on any atom is -0.462 e. The molecule has 0 fully saturated rings. The number of esters is 4. The van der Waals surface area contributed by atoms with Crippen molar-refractivity contribution in [2.24, 2.45) is 17.8 Å². The smallest absolute Gasteiger partial charge is 0.462 e. The molecule has 19 heteroatoms. The Morgan fingerprint density at radius 1 is 0.318 bits per heavy atom. The predicted molar refractivity (Wildman–Crippen MR) is 340 cm³/mol. The summed E-state index contributed by atoms with van der Waals surface area (Å²) < 4.78 is 67.9. The lowest BCUT2D eigenvalue weighted by Gasteiger charge is -2.21. The maximum absolute atomic E-state index is 13.0. The molecular weight excluding hydrogens is 1130 g/mol. The van der Waals surface area contributed by atoms with Gasteiger partial charge in [-0.25, -0.2) is 9.13 Å². The minimum atomic E-state index is -4.95. The molecule has 0 aromatic heterocycles. The van der Waals surface area contributed by atoms with Crippen LogP contribution in [-0.4, -0.2) is 96.7 Å². The van der Waals surface area contributed by atoms with Crippen molar-refractivity contribution in [3.63, 3.8) is 0 Å². The maximum atomic E-state index is 13.0. The summed E-state index contributed by atoms with van der Waals surface area (Å²) in [6.45, 7) is 11.7. The Hall–Kier alpha value is -1.94. The van der Waals surface area contributed by atoms with Gasteiger partial charge >= 0.3 is 39.5 Å². The lowest BCUT2D eigenvalue weighted by Crippen LogP contribution is -2.30. The van der Waals surface area contributed by atoms with Gasteiger partial charge in [-0.2, -0.15) is 0 Å². The summed E-state index contributed by atoms with van der Waals surface area (Å²) in [5.41, 5.74) is 0. The molecule has 0 aliphatic carbocycles. The number of aliphatic hydroxyl groups is 1. The predicted octanol–water partition coefficient (Wildman–Crippen LogP) is 18.3. The number of phosphoric ester groups is 2. The molecule has 17 nitrogen and oxygen atoms in total. The molecule has 2 unspecified atom stereocenters. The monoisotopic (exact) mass is 1250 g/mol. The lowest BCUT2D eigenvalue weighted by molar-refractivity contribution is -0.161. The van der Waals surface area contributed by atoms with Crippen LogP contribution in [-0.2, 0) is 65.4 Å². The van der Waals surface area contributed by atoms with Crippen LogP contribution in [0.3, 0.4) is 0 Å². The molecule has 0 aromatic rings. The van der Waals surface area contributed by atoms with E-state index in [0.717, 1.165) is 114 Å². The van der Waals surface area contributed by atoms with Crippen LogP contribution in [0.2, 0.25) is 0 Å². The molecule has 85 heavy (non-hydrogen) atoms. The van der Waals surface area contributed by atoms with Crippen molar-refractivity contribution in [1.29, 1.82) is 0 Å². The first-order valence-electron chi connectivity index (χ1n) is 34.3. The molecule has 0 saturated carbocycles. The van der Waals surface area contributed by atoms with Crippen LogP contribution in [0, 0.1) is 17.8 Å². The van der Waals surface area contributed by atoms with E-state index in [2.05, 4.69) is 48.5 Å². The summed E-state index contributed by atoms with van der Waals surface area (Å²) in [6.07, 6.45) is 39.3. The molecule has 0 aromatic carbocycles. The second-order valence-corrected chi connectivity index (χ2v) is 28.2. The van der Waals surface area contributed by atoms with Crippen LogP contribution in [0.25, 0.3) is 0 Å². The fourth-order valence-corrected chi connectivity index (χ4v) is 11.4. The zero-order valence-corrected chi connectivity index (χ0v) is 56.9. The van der Waals surface area contributed by atoms with Crippen LogP contribution >= 0.6 is 15.6 Å². The summed E-state index contributed by atoms with van der Waals surface area (Å²) in [6, 6.07) is 0. The van der Waals surface area contributed by atoms with Crippen molar-refractivity contribution in [2.75, 3.05) is 39.6 Å². The molecule has 5 atom stereocenters. The van der Waals surface area contributed by atoms with Gasteiger partial charge in [0.2, 0.25) is 0 Å². The second-order valence-electron chi connectivity index (χ2n) is 25.3. The average molecular weight is 1260 g/mol. The number of hydrogen-bond acceptors (Lipinski definition) is 15. The highest BCUT2D eigenvalue weighted by Crippen LogP contribution is 2.45. The fraction of sp³-hybridized carbons (Fsp3) is 0.939. The minimum absolute atomic E-state index is 0.104. The Balaban J connectivity index is 5.18. The fourth-order valence-electron chi connectivity index (χ4n) is 9.83. The SMILES string of the molecule is CCCCCCCC(=O)OC[C@H](COP(=O)(O)OC[C@H](O)COP(=O)(O)OC[C@@H](COC(=O)CCCCCCCCCCCCCC(C)C)OC(=O)CCCCCCCCCCCCCC(C)C)OC(=O)CCCCCCCCCCCC(C)C. The topological polar surface area (TPSA) is 237 Å². The van der Waals surface area contributed by atoms with Crippen LogP contribution in [0.4, 0.5) is 0 Å². The first kappa shape index (κ1) is 83.1. The summed E-state index contributed by atoms with van der Waals surface area (Å²) >= 11 is 0. The number of aliphatic hydroxyl groups excluding tert-OH is 1. The highest BCUT2D eigenvalue weighted by atomic mass is 31.2. The quantitative estimate of drug-likeness (QED) is 0.0222. The molecule has 0 aliphatic rings. The Kier molecular flexibility index (Phi) is 55.9. The number of hydrogen-bond donors (Lipinski definition) is 3. The van der Waals surface area contributed by atoms with Crippen molar-refractivity contribution in [2.45, 2.75) is 343 Å². The van der Waals surface area contributed by atoms with Crippen molar-refractivity contribution < 1.29 is 80.2 Å². The Morgan fingerprint density at radius 3 is 0.800 bits per heavy atom. The molecule has 3 N–H and O–H groups in total. The van der Waals surface area contributed by atoms with E-state index in [1.807, 2.05) is 0 Å². The molecule has 0 saturated heterocycles. The third-order valence-electron chi connectivity index (χ3n) is 15.1. The molecule has 0 bridgehead atoms. The molecule has 0 spiro atoms. The first-order chi connectivity index (χ1) is 40.7. The molecule has 0 heterocycles. The molecule has 0 aliphatic heterocycles. The maximum Gasteiger partial charge on any atom is 0.472 e. The molecule has 504 valence electrons. The molecule has 0 amide bonds. The third-order valence-corrected chi connectivity index (χ3v) is 17.0. The van der Waals surface area contributed by atoms with Crippen molar-refractivity contribution >= 4 is 39.5 Å². The van der Waals surface area contributed by atoms with E-state index in [1.54, 1.807) is 0 Å². The standard InChI is InChI=1S/C66H128O17P2/c1-8-9-10-30-40-47-63(68)76-53-61(82-66(71)50-43-36-29-23-17-20-26-33-39-46-59(6)7)55-80-84(72,73)78-51-60(67)52-79-85(74,75)81-56-62(83-65(70)49-42-35-28-22-16-12-14-19-25-32-38-45-58(4)5)54-77-64(69)48-41-34-27-21-15-11-13-18-24-31-37-44-57(2)3/h57-62,67H,8-56H2,1-7H3,(H,72,73)(H,74,75)/t60-,61+,62+/m0/s1. The van der Waals surface area contributed by atoms with Gasteiger partial charge in [-0.3, -0.25) is 37.3 Å². The number of rotatable bonds is 64. The Bertz CT molecular complexity index is 1680. The first-order valence-corrected chi connectivity index (χ1v) is 37.3. The van der Waals surface area contributed by atoms with Gasteiger partial charge in [-0.05, 0) is 43.4 Å². The summed E-state index contributed by atoms with van der Waals surface area (Å²) in [5.74, 6) is 0.130. The van der Waals surface area contributed by atoms with E-state index >= 15 is 0 Å². The van der Waals surface area contributed by atoms with Gasteiger partial charge < -0.3 is 33.8 Å². The molecule has 0 rings (SSSR count). The van der Waals surface area contributed by atoms with Crippen molar-refractivity contribution in [3.8, 4) is 0 Å². The van der Waals surface area contributed by atoms with E-state index in [9.17, 15) is 43.2 Å². The summed E-state index contributed by atoms with van der Waals surface area (Å²) in [5, 5.41) is 10.5. The highest BCUT2D eigenvalue weighted by molar-refractivity contribution is 7.47. The van der Waals surface area contributed by atoms with E-state index in [0.29, 0.717) is 25.7 Å². The number of unbranched alkanes of at least 4 members (excludes halogenated alkanes) is 32. The van der Waals surface area contributed by atoms with Gasteiger partial charge in [0, 0.05) is 25.7 Å². The second kappa shape index (κ2) is 57.2. The molecule has 0 radical (unpaired) electrons. The van der Waals surface area contributed by atoms with E-state index in [1.165, 1.54) is 128 Å². The van der Waals surface area contributed by atoms with E-state index in [-0.39, 0.29) is 25.7 Å².